The summed E-state index contributed by atoms with van der Waals surface area (Å²) in [6.45, 7) is 12.8. The van der Waals surface area contributed by atoms with Crippen LogP contribution in [0.1, 0.15) is 57.2 Å². The molecule has 1 heterocycles. The van der Waals surface area contributed by atoms with Crippen LogP contribution in [0.4, 0.5) is 0 Å². The molecule has 4 nitrogen and oxygen atoms in total. The molecule has 1 atom stereocenters. The molecule has 0 saturated heterocycles. The molecule has 1 aromatic rings. The van der Waals surface area contributed by atoms with Crippen molar-refractivity contribution in [2.75, 3.05) is 6.54 Å². The number of carbonyl (C=O) groups is 1. The number of furan rings is 1. The molecule has 0 saturated carbocycles. The first-order valence-corrected chi connectivity index (χ1v) is 6.68. The number of hydrogen-bond donors (Lipinski definition) is 1. The number of nitrogens with zero attached hydrogens (tertiary/aromatic N) is 1. The lowest BCUT2D eigenvalue weighted by molar-refractivity contribution is -0.137. The van der Waals surface area contributed by atoms with Crippen LogP contribution in [0.15, 0.2) is 10.5 Å². The van der Waals surface area contributed by atoms with Gasteiger partial charge in [-0.2, -0.15) is 0 Å². The zero-order valence-electron chi connectivity index (χ0n) is 12.8. The van der Waals surface area contributed by atoms with E-state index >= 15 is 0 Å². The highest BCUT2D eigenvalue weighted by molar-refractivity contribution is 5.66. The molecule has 0 aliphatic heterocycles. The van der Waals surface area contributed by atoms with Gasteiger partial charge in [0.2, 0.25) is 0 Å². The Morgan fingerprint density at radius 1 is 1.42 bits per heavy atom. The summed E-state index contributed by atoms with van der Waals surface area (Å²) < 4.78 is 5.58. The largest absolute Gasteiger partial charge is 0.481 e. The maximum Gasteiger partial charge on any atom is 0.304 e. The van der Waals surface area contributed by atoms with Gasteiger partial charge in [0, 0.05) is 23.7 Å². The molecule has 0 spiro atoms. The summed E-state index contributed by atoms with van der Waals surface area (Å²) in [5.74, 6) is 1.04. The van der Waals surface area contributed by atoms with E-state index in [1.807, 2.05) is 19.9 Å². The standard InChI is InChI=1S/C15H25NO3/c1-10-9-13(12(3)19-10)11(2)16(15(4,5)6)8-7-14(17)18/h9,11H,7-8H2,1-6H3,(H,17,18). The van der Waals surface area contributed by atoms with Crippen molar-refractivity contribution >= 4 is 5.97 Å². The molecule has 19 heavy (non-hydrogen) atoms. The van der Waals surface area contributed by atoms with E-state index in [0.29, 0.717) is 6.54 Å². The van der Waals surface area contributed by atoms with Gasteiger partial charge in [-0.25, -0.2) is 0 Å². The second-order valence-electron chi connectivity index (χ2n) is 6.05. The van der Waals surface area contributed by atoms with Crippen molar-refractivity contribution in [3.8, 4) is 0 Å². The Morgan fingerprint density at radius 3 is 2.37 bits per heavy atom. The van der Waals surface area contributed by atoms with E-state index in [2.05, 4.69) is 32.6 Å². The van der Waals surface area contributed by atoms with Gasteiger partial charge in [0.25, 0.3) is 0 Å². The fourth-order valence-corrected chi connectivity index (χ4v) is 2.56. The maximum atomic E-state index is 10.8. The van der Waals surface area contributed by atoms with Gasteiger partial charge in [0.15, 0.2) is 0 Å². The molecule has 0 radical (unpaired) electrons. The number of rotatable bonds is 5. The molecule has 1 aromatic heterocycles. The Labute approximate surface area is 115 Å². The van der Waals surface area contributed by atoms with E-state index < -0.39 is 5.97 Å². The van der Waals surface area contributed by atoms with Crippen molar-refractivity contribution in [1.29, 1.82) is 0 Å². The van der Waals surface area contributed by atoms with Gasteiger partial charge in [-0.3, -0.25) is 9.69 Å². The van der Waals surface area contributed by atoms with Crippen LogP contribution in [0.25, 0.3) is 0 Å². The highest BCUT2D eigenvalue weighted by atomic mass is 16.4. The number of carboxylic acid groups (broad SMARTS) is 1. The van der Waals surface area contributed by atoms with Crippen molar-refractivity contribution < 1.29 is 14.3 Å². The molecule has 0 aromatic carbocycles. The average molecular weight is 267 g/mol. The smallest absolute Gasteiger partial charge is 0.304 e. The summed E-state index contributed by atoms with van der Waals surface area (Å²) in [5, 5.41) is 8.89. The van der Waals surface area contributed by atoms with Crippen LogP contribution in [0.2, 0.25) is 0 Å². The van der Waals surface area contributed by atoms with Crippen LogP contribution in [-0.4, -0.2) is 28.1 Å². The van der Waals surface area contributed by atoms with Crippen molar-refractivity contribution in [2.45, 2.75) is 59.5 Å². The second-order valence-corrected chi connectivity index (χ2v) is 6.05. The molecule has 1 N–H and O–H groups in total. The number of hydrogen-bond acceptors (Lipinski definition) is 3. The minimum Gasteiger partial charge on any atom is -0.481 e. The predicted molar refractivity (Wildman–Crippen MR) is 75.3 cm³/mol. The minimum atomic E-state index is -0.762. The van der Waals surface area contributed by atoms with Crippen LogP contribution in [0.5, 0.6) is 0 Å². The van der Waals surface area contributed by atoms with Crippen LogP contribution >= 0.6 is 0 Å². The molecular weight excluding hydrogens is 242 g/mol. The molecular formula is C15H25NO3. The van der Waals surface area contributed by atoms with Gasteiger partial charge in [-0.15, -0.1) is 0 Å². The van der Waals surface area contributed by atoms with E-state index in [4.69, 9.17) is 9.52 Å². The van der Waals surface area contributed by atoms with Gasteiger partial charge in [0.05, 0.1) is 6.42 Å². The van der Waals surface area contributed by atoms with Crippen molar-refractivity contribution in [2.24, 2.45) is 0 Å². The van der Waals surface area contributed by atoms with E-state index in [0.717, 1.165) is 17.1 Å². The van der Waals surface area contributed by atoms with E-state index in [-0.39, 0.29) is 18.0 Å². The van der Waals surface area contributed by atoms with E-state index in [1.54, 1.807) is 0 Å². The topological polar surface area (TPSA) is 53.7 Å². The Bertz CT molecular complexity index is 443. The van der Waals surface area contributed by atoms with E-state index in [1.165, 1.54) is 0 Å². The normalized spacial score (nSPS) is 13.8. The molecule has 0 aliphatic carbocycles. The maximum absolute atomic E-state index is 10.8. The molecule has 1 rings (SSSR count). The summed E-state index contributed by atoms with van der Waals surface area (Å²) in [4.78, 5) is 13.0. The van der Waals surface area contributed by atoms with Crippen LogP contribution in [0.3, 0.4) is 0 Å². The first-order chi connectivity index (χ1) is 8.62. The number of carboxylic acids is 1. The summed E-state index contributed by atoms with van der Waals surface area (Å²) in [7, 11) is 0. The first kappa shape index (κ1) is 15.8. The summed E-state index contributed by atoms with van der Waals surface area (Å²) in [6, 6.07) is 2.18. The third-order valence-corrected chi connectivity index (χ3v) is 3.43. The molecule has 108 valence electrons. The van der Waals surface area contributed by atoms with Crippen LogP contribution in [0, 0.1) is 13.8 Å². The van der Waals surface area contributed by atoms with E-state index in [9.17, 15) is 4.79 Å². The monoisotopic (exact) mass is 267 g/mol. The molecule has 4 heteroatoms. The Morgan fingerprint density at radius 2 is 2.00 bits per heavy atom. The molecule has 1 unspecified atom stereocenters. The molecule has 0 bridgehead atoms. The molecule has 0 aliphatic rings. The zero-order chi connectivity index (χ0) is 14.8. The fourth-order valence-electron chi connectivity index (χ4n) is 2.56. The van der Waals surface area contributed by atoms with Crippen LogP contribution < -0.4 is 0 Å². The van der Waals surface area contributed by atoms with Gasteiger partial charge in [-0.1, -0.05) is 0 Å². The number of aliphatic carboxylic acids is 1. The second kappa shape index (κ2) is 5.78. The summed E-state index contributed by atoms with van der Waals surface area (Å²) in [6.07, 6.45) is 0.150. The predicted octanol–water partition coefficient (Wildman–Crippen LogP) is 3.53. The minimum absolute atomic E-state index is 0.0908. The van der Waals surface area contributed by atoms with Crippen molar-refractivity contribution in [3.05, 3.63) is 23.2 Å². The Kier molecular flexibility index (Phi) is 4.80. The van der Waals surface area contributed by atoms with Crippen LogP contribution in [-0.2, 0) is 4.79 Å². The summed E-state index contributed by atoms with van der Waals surface area (Å²) >= 11 is 0. The zero-order valence-corrected chi connectivity index (χ0v) is 12.8. The van der Waals surface area contributed by atoms with Gasteiger partial charge in [0.1, 0.15) is 11.5 Å². The average Bonchev–Trinajstić information content (AvgIpc) is 2.55. The van der Waals surface area contributed by atoms with Gasteiger partial charge < -0.3 is 9.52 Å². The third kappa shape index (κ3) is 4.10. The highest BCUT2D eigenvalue weighted by Crippen LogP contribution is 2.31. The molecule has 0 fully saturated rings. The van der Waals surface area contributed by atoms with Gasteiger partial charge in [-0.05, 0) is 47.6 Å². The Balaban J connectivity index is 2.97. The highest BCUT2D eigenvalue weighted by Gasteiger charge is 2.29. The first-order valence-electron chi connectivity index (χ1n) is 6.68. The Hall–Kier alpha value is -1.29. The quantitative estimate of drug-likeness (QED) is 0.886. The summed E-state index contributed by atoms with van der Waals surface area (Å²) in [5.41, 5.74) is 1.05. The SMILES string of the molecule is Cc1cc(C(C)N(CCC(=O)O)C(C)(C)C)c(C)o1. The third-order valence-electron chi connectivity index (χ3n) is 3.43. The van der Waals surface area contributed by atoms with Crippen molar-refractivity contribution in [1.82, 2.24) is 4.90 Å². The van der Waals surface area contributed by atoms with Gasteiger partial charge >= 0.3 is 5.97 Å². The fraction of sp³-hybridized carbons (Fsp3) is 0.667. The number of aryl methyl sites for hydroxylation is 2. The lowest BCUT2D eigenvalue weighted by Gasteiger charge is -2.40. The lowest BCUT2D eigenvalue weighted by atomic mass is 9.98. The lowest BCUT2D eigenvalue weighted by Crippen LogP contribution is -2.44. The molecule has 0 amide bonds. The van der Waals surface area contributed by atoms with Crippen molar-refractivity contribution in [3.63, 3.8) is 0 Å².